The van der Waals surface area contributed by atoms with Crippen LogP contribution in [0.1, 0.15) is 24.4 Å². The van der Waals surface area contributed by atoms with E-state index in [0.29, 0.717) is 36.8 Å². The molecule has 1 unspecified atom stereocenters. The molecule has 0 aliphatic heterocycles. The predicted octanol–water partition coefficient (Wildman–Crippen LogP) is 3.82. The number of aromatic nitrogens is 3. The smallest absolute Gasteiger partial charge is 0.229 e. The average Bonchev–Trinajstić information content (AvgIpc) is 3.54. The number of methoxy groups -OCH3 is 1. The van der Waals surface area contributed by atoms with Gasteiger partial charge in [-0.3, -0.25) is 4.79 Å². The van der Waals surface area contributed by atoms with Gasteiger partial charge in [0, 0.05) is 37.5 Å². The van der Waals surface area contributed by atoms with Crippen molar-refractivity contribution < 1.29 is 18.7 Å². The van der Waals surface area contributed by atoms with Crippen LogP contribution in [0.5, 0.6) is 5.75 Å². The molecule has 2 aromatic heterocycles. The Kier molecular flexibility index (Phi) is 6.60. The van der Waals surface area contributed by atoms with E-state index < -0.39 is 5.41 Å². The van der Waals surface area contributed by atoms with E-state index in [-0.39, 0.29) is 36.6 Å². The maximum absolute atomic E-state index is 14.1. The zero-order valence-electron chi connectivity index (χ0n) is 18.3. The second-order valence-corrected chi connectivity index (χ2v) is 8.26. The molecule has 1 saturated carbocycles. The highest BCUT2D eigenvalue weighted by atomic mass is 19.1. The first-order chi connectivity index (χ1) is 15.5. The minimum atomic E-state index is -0.510. The third-order valence-corrected chi connectivity index (χ3v) is 6.11. The van der Waals surface area contributed by atoms with Crippen molar-refractivity contribution in [2.75, 3.05) is 25.6 Å². The number of hydrogen-bond donors (Lipinski definition) is 1. The van der Waals surface area contributed by atoms with E-state index in [0.717, 1.165) is 5.69 Å². The summed E-state index contributed by atoms with van der Waals surface area (Å²) in [6.45, 7) is 2.60. The topological polar surface area (TPSA) is 86.2 Å². The van der Waals surface area contributed by atoms with E-state index >= 15 is 0 Å². The first-order valence-electron chi connectivity index (χ1n) is 10.7. The Morgan fingerprint density at radius 2 is 2.22 bits per heavy atom. The summed E-state index contributed by atoms with van der Waals surface area (Å²) in [5.41, 5.74) is 0.250. The third kappa shape index (κ3) is 4.85. The molecular formula is C24H27FN4O3. The SMILES string of the molecule is COCCc1nc(C)ncc1OC[C@@]1(C2C=CC=C(F)C2)C[C@H]1C(=O)Nc1ccccn1. The number of allylic oxidation sites excluding steroid dienone is 4. The Morgan fingerprint density at radius 3 is 2.97 bits per heavy atom. The molecule has 0 saturated heterocycles. The molecule has 0 spiro atoms. The van der Waals surface area contributed by atoms with Gasteiger partial charge in [-0.25, -0.2) is 19.3 Å². The van der Waals surface area contributed by atoms with Crippen molar-refractivity contribution >= 4 is 11.7 Å². The van der Waals surface area contributed by atoms with E-state index in [4.69, 9.17) is 9.47 Å². The monoisotopic (exact) mass is 438 g/mol. The second kappa shape index (κ2) is 9.56. The first-order valence-corrected chi connectivity index (χ1v) is 10.7. The first kappa shape index (κ1) is 22.1. The molecular weight excluding hydrogens is 411 g/mol. The van der Waals surface area contributed by atoms with Crippen LogP contribution in [0.3, 0.4) is 0 Å². The number of aryl methyl sites for hydroxylation is 1. The van der Waals surface area contributed by atoms with Crippen LogP contribution in [0.4, 0.5) is 10.2 Å². The lowest BCUT2D eigenvalue weighted by Crippen LogP contribution is -2.30. The fourth-order valence-corrected chi connectivity index (χ4v) is 4.25. The molecule has 8 heteroatoms. The summed E-state index contributed by atoms with van der Waals surface area (Å²) in [4.78, 5) is 25.9. The maximum Gasteiger partial charge on any atom is 0.229 e. The number of amides is 1. The highest BCUT2D eigenvalue weighted by molar-refractivity contribution is 5.94. The van der Waals surface area contributed by atoms with E-state index in [9.17, 15) is 9.18 Å². The van der Waals surface area contributed by atoms with Gasteiger partial charge >= 0.3 is 0 Å². The van der Waals surface area contributed by atoms with Crippen molar-refractivity contribution in [3.63, 3.8) is 0 Å². The third-order valence-electron chi connectivity index (χ3n) is 6.11. The van der Waals surface area contributed by atoms with Crippen molar-refractivity contribution in [1.29, 1.82) is 0 Å². The lowest BCUT2D eigenvalue weighted by Gasteiger charge is -2.27. The normalized spacial score (nSPS) is 24.0. The van der Waals surface area contributed by atoms with Gasteiger partial charge in [0.15, 0.2) is 5.75 Å². The Balaban J connectivity index is 1.52. The molecule has 168 valence electrons. The lowest BCUT2D eigenvalue weighted by molar-refractivity contribution is -0.118. The Hall–Kier alpha value is -3.13. The van der Waals surface area contributed by atoms with Crippen LogP contribution in [-0.2, 0) is 16.0 Å². The van der Waals surface area contributed by atoms with Crippen LogP contribution in [0.15, 0.2) is 54.6 Å². The number of ether oxygens (including phenoxy) is 2. The number of hydrogen-bond acceptors (Lipinski definition) is 6. The van der Waals surface area contributed by atoms with Gasteiger partial charge in [-0.2, -0.15) is 0 Å². The summed E-state index contributed by atoms with van der Waals surface area (Å²) in [6.07, 6.45) is 9.89. The molecule has 3 atom stereocenters. The highest BCUT2D eigenvalue weighted by Gasteiger charge is 2.62. The average molecular weight is 439 g/mol. The van der Waals surface area contributed by atoms with Gasteiger partial charge in [0.25, 0.3) is 0 Å². The van der Waals surface area contributed by atoms with Gasteiger partial charge in [-0.15, -0.1) is 0 Å². The van der Waals surface area contributed by atoms with Crippen LogP contribution in [0.25, 0.3) is 0 Å². The Morgan fingerprint density at radius 1 is 1.34 bits per heavy atom. The fraction of sp³-hybridized carbons (Fsp3) is 0.417. The van der Waals surface area contributed by atoms with E-state index in [1.54, 1.807) is 37.7 Å². The molecule has 2 aliphatic carbocycles. The van der Waals surface area contributed by atoms with Gasteiger partial charge in [0.05, 0.1) is 25.1 Å². The van der Waals surface area contributed by atoms with Crippen LogP contribution >= 0.6 is 0 Å². The van der Waals surface area contributed by atoms with Crippen molar-refractivity contribution in [1.82, 2.24) is 15.0 Å². The summed E-state index contributed by atoms with van der Waals surface area (Å²) in [7, 11) is 1.63. The van der Waals surface area contributed by atoms with Crippen molar-refractivity contribution in [3.8, 4) is 5.75 Å². The van der Waals surface area contributed by atoms with Crippen LogP contribution < -0.4 is 10.1 Å². The van der Waals surface area contributed by atoms with Crippen molar-refractivity contribution in [2.45, 2.75) is 26.2 Å². The zero-order valence-corrected chi connectivity index (χ0v) is 18.3. The van der Waals surface area contributed by atoms with E-state index in [1.165, 1.54) is 6.08 Å². The van der Waals surface area contributed by atoms with Crippen LogP contribution in [-0.4, -0.2) is 41.2 Å². The van der Waals surface area contributed by atoms with Crippen molar-refractivity contribution in [2.24, 2.45) is 17.3 Å². The van der Waals surface area contributed by atoms with Gasteiger partial charge in [-0.05, 0) is 37.5 Å². The molecule has 1 fully saturated rings. The highest BCUT2D eigenvalue weighted by Crippen LogP contribution is 2.60. The molecule has 2 aromatic rings. The molecule has 32 heavy (non-hydrogen) atoms. The largest absolute Gasteiger partial charge is 0.489 e. The standard InChI is InChI=1S/C24H27FN4O3/c1-16-27-14-21(20(28-16)9-11-31-2)32-15-24(17-6-5-7-18(25)12-17)13-19(24)23(30)29-22-8-3-4-10-26-22/h3-8,10,14,17,19H,9,11-13,15H2,1-2H3,(H,26,29,30)/t17?,19-,24+/m0/s1. The maximum atomic E-state index is 14.1. The number of nitrogens with zero attached hydrogens (tertiary/aromatic N) is 3. The predicted molar refractivity (Wildman–Crippen MR) is 118 cm³/mol. The molecule has 2 aliphatic rings. The number of halogens is 1. The summed E-state index contributed by atoms with van der Waals surface area (Å²) in [6, 6.07) is 5.35. The minimum absolute atomic E-state index is 0.129. The van der Waals surface area contributed by atoms with E-state index in [1.807, 2.05) is 19.1 Å². The summed E-state index contributed by atoms with van der Waals surface area (Å²) in [5.74, 6) is 0.957. The van der Waals surface area contributed by atoms with Gasteiger partial charge in [0.2, 0.25) is 5.91 Å². The Labute approximate surface area is 186 Å². The fourth-order valence-electron chi connectivity index (χ4n) is 4.25. The zero-order chi connectivity index (χ0) is 22.6. The van der Waals surface area contributed by atoms with E-state index in [2.05, 4.69) is 20.3 Å². The number of carbonyl (C=O) groups excluding carboxylic acids is 1. The molecule has 0 bridgehead atoms. The number of nitrogens with one attached hydrogen (secondary N) is 1. The number of anilines is 1. The summed E-state index contributed by atoms with van der Waals surface area (Å²) >= 11 is 0. The minimum Gasteiger partial charge on any atom is -0.489 e. The van der Waals surface area contributed by atoms with Gasteiger partial charge < -0.3 is 14.8 Å². The number of carbonyl (C=O) groups is 1. The molecule has 2 heterocycles. The van der Waals surface area contributed by atoms with Gasteiger partial charge in [-0.1, -0.05) is 18.2 Å². The molecule has 7 nitrogen and oxygen atoms in total. The molecule has 1 amide bonds. The Bertz CT molecular complexity index is 1030. The second-order valence-electron chi connectivity index (χ2n) is 8.26. The lowest BCUT2D eigenvalue weighted by atomic mass is 9.82. The van der Waals surface area contributed by atoms with Crippen LogP contribution in [0, 0.1) is 24.2 Å². The summed E-state index contributed by atoms with van der Waals surface area (Å²) in [5, 5.41) is 2.87. The summed E-state index contributed by atoms with van der Waals surface area (Å²) < 4.78 is 25.5. The van der Waals surface area contributed by atoms with Crippen LogP contribution in [0.2, 0.25) is 0 Å². The molecule has 4 rings (SSSR count). The number of pyridine rings is 1. The van der Waals surface area contributed by atoms with Gasteiger partial charge in [0.1, 0.15) is 17.5 Å². The quantitative estimate of drug-likeness (QED) is 0.641. The molecule has 0 radical (unpaired) electrons. The van der Waals surface area contributed by atoms with Crippen molar-refractivity contribution in [3.05, 3.63) is 66.2 Å². The molecule has 1 N–H and O–H groups in total. The number of rotatable bonds is 9. The molecule has 0 aromatic carbocycles.